The Morgan fingerprint density at radius 3 is 2.61 bits per heavy atom. The third-order valence-corrected chi connectivity index (χ3v) is 9.70. The Labute approximate surface area is 172 Å². The molecule has 0 saturated heterocycles. The molecule has 4 rings (SSSR count). The molecule has 0 heterocycles. The molecular formula is C26H42O2. The van der Waals surface area contributed by atoms with E-state index >= 15 is 0 Å². The van der Waals surface area contributed by atoms with Crippen LogP contribution in [-0.4, -0.2) is 17.0 Å². The first kappa shape index (κ1) is 20.6. The fourth-order valence-electron chi connectivity index (χ4n) is 7.91. The largest absolute Gasteiger partial charge is 0.393 e. The summed E-state index contributed by atoms with van der Waals surface area (Å²) in [5.41, 5.74) is 1.81. The predicted molar refractivity (Wildman–Crippen MR) is 115 cm³/mol. The summed E-state index contributed by atoms with van der Waals surface area (Å²) in [6.07, 6.45) is 15.1. The van der Waals surface area contributed by atoms with Gasteiger partial charge in [-0.05, 0) is 91.9 Å². The van der Waals surface area contributed by atoms with Crippen LogP contribution in [0.3, 0.4) is 0 Å². The summed E-state index contributed by atoms with van der Waals surface area (Å²) in [6.45, 7) is 9.61. The average Bonchev–Trinajstić information content (AvgIpc) is 2.96. The lowest BCUT2D eigenvalue weighted by Gasteiger charge is -2.57. The van der Waals surface area contributed by atoms with Gasteiger partial charge in [0.25, 0.3) is 0 Å². The van der Waals surface area contributed by atoms with E-state index in [4.69, 9.17) is 0 Å². The number of fused-ring (bicyclic) bond motifs is 5. The first-order valence-electron chi connectivity index (χ1n) is 12.2. The molecule has 4 aliphatic carbocycles. The van der Waals surface area contributed by atoms with Crippen molar-refractivity contribution >= 4 is 5.78 Å². The molecule has 2 heteroatoms. The molecule has 0 amide bonds. The highest BCUT2D eigenvalue weighted by molar-refractivity contribution is 5.94. The van der Waals surface area contributed by atoms with Crippen LogP contribution in [0.25, 0.3) is 0 Å². The summed E-state index contributed by atoms with van der Waals surface area (Å²) < 4.78 is 0. The van der Waals surface area contributed by atoms with E-state index in [-0.39, 0.29) is 17.4 Å². The minimum absolute atomic E-state index is 0.161. The summed E-state index contributed by atoms with van der Waals surface area (Å²) in [6, 6.07) is 0. The van der Waals surface area contributed by atoms with E-state index in [1.54, 1.807) is 0 Å². The third kappa shape index (κ3) is 3.32. The van der Waals surface area contributed by atoms with E-state index in [1.807, 2.05) is 6.08 Å². The number of carbonyl (C=O) groups excluding carboxylic acids is 1. The summed E-state index contributed by atoms with van der Waals surface area (Å²) in [5, 5.41) is 10.2. The van der Waals surface area contributed by atoms with Crippen molar-refractivity contribution in [3.8, 4) is 0 Å². The first-order valence-corrected chi connectivity index (χ1v) is 12.2. The minimum Gasteiger partial charge on any atom is -0.393 e. The lowest BCUT2D eigenvalue weighted by molar-refractivity contribution is -0.134. The number of allylic oxidation sites excluding steroid dienone is 1. The average molecular weight is 387 g/mol. The minimum atomic E-state index is -0.237. The first-order chi connectivity index (χ1) is 13.3. The van der Waals surface area contributed by atoms with Gasteiger partial charge in [-0.25, -0.2) is 0 Å². The zero-order valence-corrected chi connectivity index (χ0v) is 18.7. The Kier molecular flexibility index (Phi) is 5.57. The molecule has 2 nitrogen and oxygen atoms in total. The third-order valence-electron chi connectivity index (χ3n) is 9.70. The molecule has 158 valence electrons. The molecule has 4 aliphatic rings. The smallest absolute Gasteiger partial charge is 0.159 e. The summed E-state index contributed by atoms with van der Waals surface area (Å²) in [4.78, 5) is 13.3. The Morgan fingerprint density at radius 2 is 1.86 bits per heavy atom. The lowest BCUT2D eigenvalue weighted by Crippen LogP contribution is -2.53. The molecule has 0 aromatic rings. The predicted octanol–water partition coefficient (Wildman–Crippen LogP) is 6.32. The maximum absolute atomic E-state index is 13.3. The Morgan fingerprint density at radius 1 is 1.07 bits per heavy atom. The van der Waals surface area contributed by atoms with Gasteiger partial charge in [-0.2, -0.15) is 0 Å². The van der Waals surface area contributed by atoms with Crippen LogP contribution in [0.1, 0.15) is 98.3 Å². The number of rotatable bonds is 5. The second kappa shape index (κ2) is 7.56. The number of carbonyl (C=O) groups is 1. The van der Waals surface area contributed by atoms with Gasteiger partial charge < -0.3 is 5.11 Å². The molecular weight excluding hydrogens is 344 g/mol. The monoisotopic (exact) mass is 386 g/mol. The van der Waals surface area contributed by atoms with Crippen molar-refractivity contribution in [2.75, 3.05) is 0 Å². The van der Waals surface area contributed by atoms with Gasteiger partial charge in [0.2, 0.25) is 0 Å². The lowest BCUT2D eigenvalue weighted by atomic mass is 9.47. The molecule has 0 radical (unpaired) electrons. The number of hydrogen-bond donors (Lipinski definition) is 1. The molecule has 28 heavy (non-hydrogen) atoms. The molecule has 0 spiro atoms. The molecule has 3 fully saturated rings. The normalized spacial score (nSPS) is 45.4. The van der Waals surface area contributed by atoms with Crippen molar-refractivity contribution in [1.82, 2.24) is 0 Å². The van der Waals surface area contributed by atoms with Crippen molar-refractivity contribution in [3.05, 3.63) is 11.6 Å². The van der Waals surface area contributed by atoms with Crippen LogP contribution in [0.2, 0.25) is 0 Å². The standard InChI is InChI=1S/C26H42O2/c1-17(2)7-5-6-8-18-9-10-21-24-22(12-14-25(18,21)3)26(4)13-11-20(27)15-19(26)16-23(24)28/h16-18,20-22,24,27H,5-15H2,1-4H3/t18-,20-,21?,22?,24?,25?,26-/m0/s1. The van der Waals surface area contributed by atoms with Crippen LogP contribution in [0, 0.1) is 40.4 Å². The van der Waals surface area contributed by atoms with Crippen LogP contribution in [-0.2, 0) is 4.79 Å². The van der Waals surface area contributed by atoms with E-state index < -0.39 is 0 Å². The molecule has 0 aromatic heterocycles. The van der Waals surface area contributed by atoms with Gasteiger partial charge >= 0.3 is 0 Å². The number of aliphatic hydroxyl groups is 1. The van der Waals surface area contributed by atoms with Gasteiger partial charge in [-0.3, -0.25) is 4.79 Å². The Balaban J connectivity index is 1.51. The number of unbranched alkanes of at least 4 members (excludes halogenated alkanes) is 1. The summed E-state index contributed by atoms with van der Waals surface area (Å²) in [5.74, 6) is 3.41. The molecule has 0 aromatic carbocycles. The fourth-order valence-corrected chi connectivity index (χ4v) is 7.91. The van der Waals surface area contributed by atoms with E-state index in [0.717, 1.165) is 31.1 Å². The highest BCUT2D eigenvalue weighted by Crippen LogP contribution is 2.66. The van der Waals surface area contributed by atoms with Crippen LogP contribution < -0.4 is 0 Å². The Bertz CT molecular complexity index is 634. The second-order valence-electron chi connectivity index (χ2n) is 11.6. The SMILES string of the molecule is CC(C)CCCC[C@H]1CCC2C3C(=O)C=C4C[C@@H](O)CC[C@]4(C)C3CCC21C. The van der Waals surface area contributed by atoms with E-state index in [1.165, 1.54) is 56.9 Å². The van der Waals surface area contributed by atoms with Crippen LogP contribution in [0.4, 0.5) is 0 Å². The molecule has 4 unspecified atom stereocenters. The van der Waals surface area contributed by atoms with Crippen molar-refractivity contribution in [3.63, 3.8) is 0 Å². The molecule has 0 aliphatic heterocycles. The summed E-state index contributed by atoms with van der Waals surface area (Å²) >= 11 is 0. The second-order valence-corrected chi connectivity index (χ2v) is 11.6. The van der Waals surface area contributed by atoms with E-state index in [0.29, 0.717) is 23.0 Å². The van der Waals surface area contributed by atoms with Crippen molar-refractivity contribution in [2.45, 2.75) is 104 Å². The zero-order chi connectivity index (χ0) is 20.1. The van der Waals surface area contributed by atoms with Gasteiger partial charge in [0.15, 0.2) is 5.78 Å². The maximum atomic E-state index is 13.3. The number of hydrogen-bond acceptors (Lipinski definition) is 2. The van der Waals surface area contributed by atoms with Crippen LogP contribution in [0.5, 0.6) is 0 Å². The van der Waals surface area contributed by atoms with Gasteiger partial charge in [-0.15, -0.1) is 0 Å². The molecule has 3 saturated carbocycles. The summed E-state index contributed by atoms with van der Waals surface area (Å²) in [7, 11) is 0. The van der Waals surface area contributed by atoms with Gasteiger partial charge in [0.1, 0.15) is 0 Å². The maximum Gasteiger partial charge on any atom is 0.159 e. The molecule has 7 atom stereocenters. The van der Waals surface area contributed by atoms with Gasteiger partial charge in [0.05, 0.1) is 6.10 Å². The van der Waals surface area contributed by atoms with Crippen LogP contribution >= 0.6 is 0 Å². The van der Waals surface area contributed by atoms with Crippen molar-refractivity contribution < 1.29 is 9.90 Å². The zero-order valence-electron chi connectivity index (χ0n) is 18.7. The quantitative estimate of drug-likeness (QED) is 0.561. The highest BCUT2D eigenvalue weighted by atomic mass is 16.3. The molecule has 1 N–H and O–H groups in total. The fraction of sp³-hybridized carbons (Fsp3) is 0.885. The Hall–Kier alpha value is -0.630. The van der Waals surface area contributed by atoms with Crippen molar-refractivity contribution in [1.29, 1.82) is 0 Å². The van der Waals surface area contributed by atoms with Crippen molar-refractivity contribution in [2.24, 2.45) is 40.4 Å². The topological polar surface area (TPSA) is 37.3 Å². The number of aliphatic hydroxyl groups excluding tert-OH is 1. The van der Waals surface area contributed by atoms with Gasteiger partial charge in [-0.1, -0.05) is 52.5 Å². The molecule has 0 bridgehead atoms. The highest BCUT2D eigenvalue weighted by Gasteiger charge is 2.60. The van der Waals surface area contributed by atoms with E-state index in [9.17, 15) is 9.90 Å². The number of ketones is 1. The van der Waals surface area contributed by atoms with E-state index in [2.05, 4.69) is 27.7 Å². The van der Waals surface area contributed by atoms with Crippen LogP contribution in [0.15, 0.2) is 11.6 Å². The van der Waals surface area contributed by atoms with Gasteiger partial charge in [0, 0.05) is 5.92 Å².